The number of aromatic nitrogens is 1. The van der Waals surface area contributed by atoms with Gasteiger partial charge in [0.2, 0.25) is 11.8 Å². The number of carbonyl (C=O) groups is 2. The lowest BCUT2D eigenvalue weighted by atomic mass is 9.83. The van der Waals surface area contributed by atoms with Crippen molar-refractivity contribution in [2.75, 3.05) is 11.5 Å². The van der Waals surface area contributed by atoms with Gasteiger partial charge in [0.1, 0.15) is 11.0 Å². The summed E-state index contributed by atoms with van der Waals surface area (Å²) in [5.74, 6) is -0.690. The molecule has 0 spiro atoms. The third-order valence-corrected chi connectivity index (χ3v) is 7.79. The molecule has 0 saturated carbocycles. The lowest BCUT2D eigenvalue weighted by Crippen LogP contribution is -2.32. The average Bonchev–Trinajstić information content (AvgIpc) is 3.24. The van der Waals surface area contributed by atoms with Gasteiger partial charge in [0.25, 0.3) is 0 Å². The van der Waals surface area contributed by atoms with E-state index in [2.05, 4.69) is 4.98 Å². The van der Waals surface area contributed by atoms with E-state index in [9.17, 15) is 14.4 Å². The number of imide groups is 1. The van der Waals surface area contributed by atoms with Crippen LogP contribution in [-0.4, -0.2) is 28.7 Å². The molecular weight excluding hydrogens is 420 g/mol. The van der Waals surface area contributed by atoms with E-state index in [1.165, 1.54) is 16.7 Å². The number of hydrogen-bond donors (Lipinski definition) is 1. The number of fused-ring (bicyclic) bond motifs is 2. The number of benzene rings is 2. The average molecular weight is 439 g/mol. The van der Waals surface area contributed by atoms with Crippen LogP contribution in [0.25, 0.3) is 0 Å². The number of aromatic amines is 1. The van der Waals surface area contributed by atoms with Crippen LogP contribution in [0, 0.1) is 5.92 Å². The molecule has 3 aromatic rings. The van der Waals surface area contributed by atoms with Crippen molar-refractivity contribution in [3.63, 3.8) is 0 Å². The van der Waals surface area contributed by atoms with Crippen molar-refractivity contribution >= 4 is 40.6 Å². The van der Waals surface area contributed by atoms with Crippen LogP contribution in [0.2, 0.25) is 0 Å². The summed E-state index contributed by atoms with van der Waals surface area (Å²) in [6.07, 6.45) is 0. The molecule has 30 heavy (non-hydrogen) atoms. The van der Waals surface area contributed by atoms with Crippen LogP contribution in [-0.2, 0) is 9.59 Å². The highest BCUT2D eigenvalue weighted by molar-refractivity contribution is 8.00. The van der Waals surface area contributed by atoms with Crippen molar-refractivity contribution in [2.24, 2.45) is 5.92 Å². The predicted molar refractivity (Wildman–Crippen MR) is 116 cm³/mol. The summed E-state index contributed by atoms with van der Waals surface area (Å²) >= 11 is 2.41. The molecule has 0 aliphatic carbocycles. The van der Waals surface area contributed by atoms with Gasteiger partial charge in [0, 0.05) is 10.8 Å². The van der Waals surface area contributed by atoms with Crippen LogP contribution in [0.5, 0.6) is 5.75 Å². The molecule has 3 atom stereocenters. The molecular formula is C22H18N2O4S2. The normalized spacial score (nSPS) is 22.7. The van der Waals surface area contributed by atoms with E-state index < -0.39 is 11.2 Å². The summed E-state index contributed by atoms with van der Waals surface area (Å²) in [4.78, 5) is 43.7. The van der Waals surface area contributed by atoms with Crippen LogP contribution in [0.4, 0.5) is 5.69 Å². The first kappa shape index (κ1) is 19.1. The summed E-state index contributed by atoms with van der Waals surface area (Å²) in [5, 5.41) is 0.113. The number of ether oxygens (including phenoxy) is 1. The number of nitrogens with zero attached hydrogens (tertiary/aromatic N) is 1. The fourth-order valence-corrected chi connectivity index (χ4v) is 6.66. The SMILES string of the molecule is CCOc1ccc(N2C(=O)[C@@H]3[C@H](c4ccccc4)c4sc(=O)[nH]c4S[C@H]3C2=O)cc1. The molecule has 2 aromatic carbocycles. The minimum absolute atomic E-state index is 0.170. The summed E-state index contributed by atoms with van der Waals surface area (Å²) in [6.45, 7) is 2.44. The minimum atomic E-state index is -0.577. The maximum absolute atomic E-state index is 13.5. The molecule has 1 aromatic heterocycles. The van der Waals surface area contributed by atoms with Gasteiger partial charge in [0.05, 0.1) is 23.2 Å². The van der Waals surface area contributed by atoms with Crippen molar-refractivity contribution in [1.29, 1.82) is 0 Å². The molecule has 2 aliphatic heterocycles. The van der Waals surface area contributed by atoms with Crippen molar-refractivity contribution in [1.82, 2.24) is 4.98 Å². The fraction of sp³-hybridized carbons (Fsp3) is 0.227. The number of rotatable bonds is 4. The second-order valence-corrected chi connectivity index (χ2v) is 9.27. The fourth-order valence-electron chi connectivity index (χ4n) is 4.15. The first-order valence-electron chi connectivity index (χ1n) is 9.63. The van der Waals surface area contributed by atoms with E-state index in [0.29, 0.717) is 23.1 Å². The van der Waals surface area contributed by atoms with Gasteiger partial charge in [-0.15, -0.1) is 0 Å². The highest BCUT2D eigenvalue weighted by atomic mass is 32.2. The number of thioether (sulfide) groups is 1. The molecule has 5 rings (SSSR count). The van der Waals surface area contributed by atoms with Crippen molar-refractivity contribution in [3.05, 3.63) is 74.7 Å². The molecule has 2 aliphatic rings. The van der Waals surface area contributed by atoms with E-state index >= 15 is 0 Å². The van der Waals surface area contributed by atoms with Crippen LogP contribution < -0.4 is 14.5 Å². The lowest BCUT2D eigenvalue weighted by molar-refractivity contribution is -0.122. The summed E-state index contributed by atoms with van der Waals surface area (Å²) in [7, 11) is 0. The Balaban J connectivity index is 1.58. The second kappa shape index (κ2) is 7.45. The van der Waals surface area contributed by atoms with Crippen molar-refractivity contribution < 1.29 is 14.3 Å². The first-order chi connectivity index (χ1) is 14.6. The Labute approximate surface area is 180 Å². The molecule has 0 bridgehead atoms. The maximum atomic E-state index is 13.5. The minimum Gasteiger partial charge on any atom is -0.494 e. The van der Waals surface area contributed by atoms with Crippen molar-refractivity contribution in [2.45, 2.75) is 23.1 Å². The van der Waals surface area contributed by atoms with Gasteiger partial charge >= 0.3 is 4.87 Å². The van der Waals surface area contributed by atoms with E-state index in [1.54, 1.807) is 24.3 Å². The Morgan fingerprint density at radius 2 is 1.73 bits per heavy atom. The van der Waals surface area contributed by atoms with Gasteiger partial charge in [-0.1, -0.05) is 53.4 Å². The Morgan fingerprint density at radius 1 is 1.00 bits per heavy atom. The van der Waals surface area contributed by atoms with Gasteiger partial charge in [-0.25, -0.2) is 4.90 Å². The highest BCUT2D eigenvalue weighted by Crippen LogP contribution is 2.53. The zero-order valence-electron chi connectivity index (χ0n) is 16.0. The lowest BCUT2D eigenvalue weighted by Gasteiger charge is -2.29. The summed E-state index contributed by atoms with van der Waals surface area (Å²) in [5.41, 5.74) is 1.46. The molecule has 152 valence electrons. The number of hydrogen-bond acceptors (Lipinski definition) is 6. The molecule has 0 radical (unpaired) electrons. The van der Waals surface area contributed by atoms with Gasteiger partial charge in [-0.2, -0.15) is 0 Å². The van der Waals surface area contributed by atoms with E-state index in [1.807, 2.05) is 37.3 Å². The highest BCUT2D eigenvalue weighted by Gasteiger charge is 2.56. The van der Waals surface area contributed by atoms with E-state index in [-0.39, 0.29) is 22.6 Å². The van der Waals surface area contributed by atoms with E-state index in [0.717, 1.165) is 21.8 Å². The van der Waals surface area contributed by atoms with Crippen LogP contribution >= 0.6 is 23.1 Å². The zero-order valence-corrected chi connectivity index (χ0v) is 17.7. The molecule has 0 unspecified atom stereocenters. The Bertz CT molecular complexity index is 1170. The molecule has 2 amide bonds. The topological polar surface area (TPSA) is 79.5 Å². The zero-order chi connectivity index (χ0) is 20.8. The van der Waals surface area contributed by atoms with Crippen LogP contribution in [0.1, 0.15) is 23.3 Å². The van der Waals surface area contributed by atoms with E-state index in [4.69, 9.17) is 4.74 Å². The number of carbonyl (C=O) groups excluding carboxylic acids is 2. The number of H-pyrrole nitrogens is 1. The Kier molecular flexibility index (Phi) is 4.75. The third-order valence-electron chi connectivity index (χ3n) is 5.39. The summed E-state index contributed by atoms with van der Waals surface area (Å²) in [6, 6.07) is 16.6. The third kappa shape index (κ3) is 2.98. The van der Waals surface area contributed by atoms with Gasteiger partial charge in [-0.3, -0.25) is 14.4 Å². The molecule has 1 saturated heterocycles. The summed E-state index contributed by atoms with van der Waals surface area (Å²) < 4.78 is 5.46. The maximum Gasteiger partial charge on any atom is 0.305 e. The molecule has 1 fully saturated rings. The van der Waals surface area contributed by atoms with Gasteiger partial charge < -0.3 is 9.72 Å². The first-order valence-corrected chi connectivity index (χ1v) is 11.3. The molecule has 8 heteroatoms. The smallest absolute Gasteiger partial charge is 0.305 e. The van der Waals surface area contributed by atoms with Gasteiger partial charge in [-0.05, 0) is 36.8 Å². The Morgan fingerprint density at radius 3 is 2.43 bits per heavy atom. The van der Waals surface area contributed by atoms with Gasteiger partial charge in [0.15, 0.2) is 0 Å². The number of amides is 2. The van der Waals surface area contributed by atoms with Crippen LogP contribution in [0.3, 0.4) is 0 Å². The standard InChI is InChI=1S/C22H18N2O4S2/c1-2-28-14-10-8-13(9-11-14)24-20(25)16-15(12-6-4-3-5-7-12)17-19(23-22(27)30-17)29-18(16)21(24)26/h3-11,15-16,18H,2H2,1H3,(H,23,27)/t15-,16+,18+/m0/s1. The second-order valence-electron chi connectivity index (χ2n) is 7.10. The largest absolute Gasteiger partial charge is 0.494 e. The number of nitrogens with one attached hydrogen (secondary N) is 1. The Hall–Kier alpha value is -2.84. The molecule has 6 nitrogen and oxygen atoms in total. The quantitative estimate of drug-likeness (QED) is 0.630. The molecule has 1 N–H and O–H groups in total. The monoisotopic (exact) mass is 438 g/mol. The van der Waals surface area contributed by atoms with Crippen LogP contribution in [0.15, 0.2) is 64.4 Å². The number of anilines is 1. The van der Waals surface area contributed by atoms with Crippen molar-refractivity contribution in [3.8, 4) is 5.75 Å². The molecule has 3 heterocycles. The predicted octanol–water partition coefficient (Wildman–Crippen LogP) is 3.63. The number of thiazole rings is 1.